The fourth-order valence-electron chi connectivity index (χ4n) is 1.70. The van der Waals surface area contributed by atoms with Gasteiger partial charge in [0.2, 0.25) is 5.91 Å². The van der Waals surface area contributed by atoms with Gasteiger partial charge in [0.1, 0.15) is 0 Å². The van der Waals surface area contributed by atoms with Gasteiger partial charge in [-0.1, -0.05) is 0 Å². The van der Waals surface area contributed by atoms with E-state index < -0.39 is 30.0 Å². The molecule has 0 aromatic carbocycles. The maximum absolute atomic E-state index is 11.5. The van der Waals surface area contributed by atoms with Gasteiger partial charge in [-0.25, -0.2) is 9.59 Å². The number of hydrogen-bond donors (Lipinski definition) is 3. The lowest BCUT2D eigenvalue weighted by Gasteiger charge is -2.14. The number of carbonyl (C=O) groups excluding carboxylic acids is 2. The number of hydrogen-bond acceptors (Lipinski definition) is 6. The monoisotopic (exact) mass is 274 g/mol. The Morgan fingerprint density at radius 3 is 2.68 bits per heavy atom. The molecule has 3 atom stereocenters. The lowest BCUT2D eigenvalue weighted by Crippen LogP contribution is -2.48. The van der Waals surface area contributed by atoms with Gasteiger partial charge in [-0.3, -0.25) is 4.79 Å². The number of nitrogens with one attached hydrogen (secondary N) is 1. The number of aliphatic carboxylic acids is 1. The van der Waals surface area contributed by atoms with E-state index in [1.165, 1.54) is 0 Å². The lowest BCUT2D eigenvalue weighted by molar-refractivity contribution is -0.149. The Balaban J connectivity index is 2.31. The highest BCUT2D eigenvalue weighted by molar-refractivity contribution is 6.01. The van der Waals surface area contributed by atoms with Crippen LogP contribution in [-0.4, -0.2) is 54.4 Å². The summed E-state index contributed by atoms with van der Waals surface area (Å²) in [6.45, 7) is 1.88. The Labute approximate surface area is 110 Å². The van der Waals surface area contributed by atoms with Crippen LogP contribution in [0.2, 0.25) is 0 Å². The van der Waals surface area contributed by atoms with E-state index in [4.69, 9.17) is 15.6 Å². The van der Waals surface area contributed by atoms with Crippen LogP contribution in [0.4, 0.5) is 0 Å². The van der Waals surface area contributed by atoms with E-state index in [0.717, 1.165) is 0 Å². The minimum Gasteiger partial charge on any atom is -0.479 e. The molecule has 1 aliphatic heterocycles. The number of ether oxygens (including phenoxy) is 2. The highest BCUT2D eigenvalue weighted by atomic mass is 16.5. The summed E-state index contributed by atoms with van der Waals surface area (Å²) in [4.78, 5) is 33.4. The van der Waals surface area contributed by atoms with Crippen molar-refractivity contribution in [3.05, 3.63) is 0 Å². The van der Waals surface area contributed by atoms with E-state index in [0.29, 0.717) is 12.8 Å². The van der Waals surface area contributed by atoms with Crippen molar-refractivity contribution in [2.75, 3.05) is 13.2 Å². The fraction of sp³-hybridized carbons (Fsp3) is 0.727. The third kappa shape index (κ3) is 4.49. The van der Waals surface area contributed by atoms with Gasteiger partial charge in [-0.2, -0.15) is 0 Å². The molecule has 0 aromatic rings. The van der Waals surface area contributed by atoms with Crippen LogP contribution in [0.25, 0.3) is 0 Å². The molecule has 0 saturated carbocycles. The maximum Gasteiger partial charge on any atom is 0.332 e. The Morgan fingerprint density at radius 1 is 1.47 bits per heavy atom. The van der Waals surface area contributed by atoms with E-state index in [9.17, 15) is 14.4 Å². The second-order valence-corrected chi connectivity index (χ2v) is 4.14. The summed E-state index contributed by atoms with van der Waals surface area (Å²) in [5.74, 6) is -2.48. The van der Waals surface area contributed by atoms with E-state index in [1.54, 1.807) is 6.92 Å². The Kier molecular flexibility index (Phi) is 5.71. The molecule has 1 aliphatic rings. The summed E-state index contributed by atoms with van der Waals surface area (Å²) in [5.41, 5.74) is 5.39. The predicted octanol–water partition coefficient (Wildman–Crippen LogP) is -1.37. The topological polar surface area (TPSA) is 128 Å². The SMILES string of the molecule is CCOC(=O)C(N)C(=O)NCC1CCC(C(=O)O)O1. The molecule has 1 saturated heterocycles. The van der Waals surface area contributed by atoms with Gasteiger partial charge in [0, 0.05) is 6.54 Å². The second kappa shape index (κ2) is 7.05. The largest absolute Gasteiger partial charge is 0.479 e. The van der Waals surface area contributed by atoms with Crippen molar-refractivity contribution in [2.45, 2.75) is 38.0 Å². The quantitative estimate of drug-likeness (QED) is 0.402. The van der Waals surface area contributed by atoms with Crippen molar-refractivity contribution >= 4 is 17.8 Å². The first-order valence-electron chi connectivity index (χ1n) is 6.03. The molecule has 8 heteroatoms. The zero-order valence-corrected chi connectivity index (χ0v) is 10.6. The fourth-order valence-corrected chi connectivity index (χ4v) is 1.70. The molecule has 0 bridgehead atoms. The predicted molar refractivity (Wildman–Crippen MR) is 63.1 cm³/mol. The Hall–Kier alpha value is -1.67. The molecule has 0 spiro atoms. The first-order valence-corrected chi connectivity index (χ1v) is 6.03. The highest BCUT2D eigenvalue weighted by Gasteiger charge is 2.31. The molecular weight excluding hydrogens is 256 g/mol. The third-order valence-electron chi connectivity index (χ3n) is 2.71. The van der Waals surface area contributed by atoms with Crippen molar-refractivity contribution in [3.8, 4) is 0 Å². The molecule has 108 valence electrons. The summed E-state index contributed by atoms with van der Waals surface area (Å²) in [6, 6.07) is -1.38. The van der Waals surface area contributed by atoms with E-state index in [2.05, 4.69) is 10.1 Å². The summed E-state index contributed by atoms with van der Waals surface area (Å²) in [6.07, 6.45) is -0.272. The number of carbonyl (C=O) groups is 3. The number of carboxylic acids is 1. The van der Waals surface area contributed by atoms with Crippen LogP contribution in [0.1, 0.15) is 19.8 Å². The standard InChI is InChI=1S/C11H18N2O6/c1-2-18-11(17)8(12)9(14)13-5-6-3-4-7(19-6)10(15)16/h6-8H,2-5,12H2,1H3,(H,13,14)(H,15,16). The molecule has 0 aromatic heterocycles. The summed E-state index contributed by atoms with van der Waals surface area (Å²) in [5, 5.41) is 11.2. The second-order valence-electron chi connectivity index (χ2n) is 4.14. The summed E-state index contributed by atoms with van der Waals surface area (Å²) >= 11 is 0. The maximum atomic E-state index is 11.5. The number of amides is 1. The molecule has 1 amide bonds. The highest BCUT2D eigenvalue weighted by Crippen LogP contribution is 2.19. The number of rotatable bonds is 6. The lowest BCUT2D eigenvalue weighted by atomic mass is 10.2. The molecule has 1 heterocycles. The molecule has 1 rings (SSSR count). The first kappa shape index (κ1) is 15.4. The zero-order valence-electron chi connectivity index (χ0n) is 10.6. The third-order valence-corrected chi connectivity index (χ3v) is 2.71. The van der Waals surface area contributed by atoms with Crippen molar-refractivity contribution in [3.63, 3.8) is 0 Å². The van der Waals surface area contributed by atoms with Crippen LogP contribution >= 0.6 is 0 Å². The van der Waals surface area contributed by atoms with E-state index in [-0.39, 0.29) is 19.3 Å². The number of carboxylic acid groups (broad SMARTS) is 1. The van der Waals surface area contributed by atoms with Crippen LogP contribution in [0, 0.1) is 0 Å². The zero-order chi connectivity index (χ0) is 14.4. The normalized spacial score (nSPS) is 23.7. The average molecular weight is 274 g/mol. The van der Waals surface area contributed by atoms with Crippen molar-refractivity contribution in [2.24, 2.45) is 5.73 Å². The van der Waals surface area contributed by atoms with Crippen LogP contribution in [0.3, 0.4) is 0 Å². The van der Waals surface area contributed by atoms with Crippen LogP contribution in [-0.2, 0) is 23.9 Å². The first-order chi connectivity index (χ1) is 8.95. The van der Waals surface area contributed by atoms with Crippen LogP contribution < -0.4 is 11.1 Å². The van der Waals surface area contributed by atoms with Crippen LogP contribution in [0.5, 0.6) is 0 Å². The molecular formula is C11H18N2O6. The molecule has 4 N–H and O–H groups in total. The van der Waals surface area contributed by atoms with Gasteiger partial charge in [-0.05, 0) is 19.8 Å². The van der Waals surface area contributed by atoms with Gasteiger partial charge >= 0.3 is 11.9 Å². The van der Waals surface area contributed by atoms with Gasteiger partial charge < -0.3 is 25.6 Å². The Bertz CT molecular complexity index is 359. The van der Waals surface area contributed by atoms with Gasteiger partial charge in [0.05, 0.1) is 12.7 Å². The van der Waals surface area contributed by atoms with Crippen molar-refractivity contribution in [1.29, 1.82) is 0 Å². The molecule has 19 heavy (non-hydrogen) atoms. The smallest absolute Gasteiger partial charge is 0.332 e. The van der Waals surface area contributed by atoms with E-state index in [1.807, 2.05) is 0 Å². The summed E-state index contributed by atoms with van der Waals surface area (Å²) < 4.78 is 9.80. The molecule has 8 nitrogen and oxygen atoms in total. The summed E-state index contributed by atoms with van der Waals surface area (Å²) in [7, 11) is 0. The average Bonchev–Trinajstić information content (AvgIpc) is 2.84. The minimum atomic E-state index is -1.38. The molecule has 0 radical (unpaired) electrons. The molecule has 3 unspecified atom stereocenters. The molecule has 0 aliphatic carbocycles. The number of esters is 1. The Morgan fingerprint density at radius 2 is 2.16 bits per heavy atom. The van der Waals surface area contributed by atoms with Crippen molar-refractivity contribution in [1.82, 2.24) is 5.32 Å². The van der Waals surface area contributed by atoms with Gasteiger partial charge in [-0.15, -0.1) is 0 Å². The molecule has 1 fully saturated rings. The van der Waals surface area contributed by atoms with E-state index >= 15 is 0 Å². The van der Waals surface area contributed by atoms with Crippen LogP contribution in [0.15, 0.2) is 0 Å². The number of nitrogens with two attached hydrogens (primary N) is 1. The van der Waals surface area contributed by atoms with Gasteiger partial charge in [0.25, 0.3) is 0 Å². The van der Waals surface area contributed by atoms with Gasteiger partial charge in [0.15, 0.2) is 12.1 Å². The van der Waals surface area contributed by atoms with Crippen molar-refractivity contribution < 1.29 is 29.0 Å². The minimum absolute atomic E-state index is 0.121.